The van der Waals surface area contributed by atoms with Gasteiger partial charge >= 0.3 is 15.6 Å². The number of anilines is 1. The maximum Gasteiger partial charge on any atom is 0.481 e. The topological polar surface area (TPSA) is 265 Å². The van der Waals surface area contributed by atoms with E-state index in [1.165, 1.54) is 0 Å². The van der Waals surface area contributed by atoms with E-state index < -0.39 is 52.4 Å². The molecule has 1 aliphatic heterocycles. The van der Waals surface area contributed by atoms with Gasteiger partial charge in [0.1, 0.15) is 18.3 Å². The molecule has 0 radical (unpaired) electrons. The van der Waals surface area contributed by atoms with Gasteiger partial charge in [0, 0.05) is 0 Å². The highest BCUT2D eigenvalue weighted by Crippen LogP contribution is 2.57. The molecule has 0 aromatic carbocycles. The van der Waals surface area contributed by atoms with Crippen LogP contribution in [0.4, 0.5) is 5.95 Å². The monoisotopic (exact) mass is 444 g/mol. The summed E-state index contributed by atoms with van der Waals surface area (Å²) in [6.45, 7) is -0.898. The highest BCUT2D eigenvalue weighted by molar-refractivity contribution is 7.60. The van der Waals surface area contributed by atoms with Crippen LogP contribution >= 0.6 is 15.6 Å². The molecule has 8 N–H and O–H groups in total. The van der Waals surface area contributed by atoms with E-state index in [0.29, 0.717) is 0 Å². The second-order valence-electron chi connectivity index (χ2n) is 5.54. The molecule has 0 aliphatic carbocycles. The lowest BCUT2D eigenvalue weighted by Crippen LogP contribution is -2.33. The summed E-state index contributed by atoms with van der Waals surface area (Å²) in [5.41, 5.74) is 4.33. The van der Waals surface area contributed by atoms with Crippen LogP contribution < -0.4 is 11.3 Å². The van der Waals surface area contributed by atoms with E-state index in [0.717, 1.165) is 4.68 Å². The first kappa shape index (κ1) is 20.9. The molecular weight excluding hydrogens is 430 g/mol. The first-order chi connectivity index (χ1) is 12.9. The van der Waals surface area contributed by atoms with Crippen molar-refractivity contribution in [3.05, 3.63) is 10.4 Å². The molecule has 0 spiro atoms. The van der Waals surface area contributed by atoms with Crippen LogP contribution in [0.1, 0.15) is 6.23 Å². The number of hydrogen-bond acceptors (Lipinski definition) is 12. The first-order valence-corrected chi connectivity index (χ1v) is 10.3. The van der Waals surface area contributed by atoms with E-state index in [4.69, 9.17) is 20.3 Å². The fraction of sp³-hybridized carbons (Fsp3) is 0.556. The molecule has 2 aromatic rings. The molecule has 28 heavy (non-hydrogen) atoms. The van der Waals surface area contributed by atoms with E-state index in [9.17, 15) is 29.0 Å². The van der Waals surface area contributed by atoms with E-state index in [-0.39, 0.29) is 17.1 Å². The number of rotatable bonds is 6. The average molecular weight is 444 g/mol. The Hall–Kier alpha value is -1.78. The Bertz CT molecular complexity index is 1030. The van der Waals surface area contributed by atoms with E-state index in [2.05, 4.69) is 29.1 Å². The van der Waals surface area contributed by atoms with Gasteiger partial charge in [0.15, 0.2) is 17.4 Å². The quantitative estimate of drug-likeness (QED) is 0.218. The van der Waals surface area contributed by atoms with Gasteiger partial charge in [0.05, 0.1) is 6.61 Å². The standard InChI is InChI=1S/C9H14N6O11P2/c10-9-11-6-3(7(18)12-9)13-14-15(6)8-5(17)4(16)2(25-8)1-24-28(22,23)26-27(19,20)21/h2,4-5,8,16-17H,1H2,(H,22,23)(H2,19,20,21)(H3,10,11,12,18)/t2-,4+,5+,8-/m1/s1. The van der Waals surface area contributed by atoms with Crippen LogP contribution in [0, 0.1) is 0 Å². The Labute approximate surface area is 153 Å². The van der Waals surface area contributed by atoms with Crippen molar-refractivity contribution in [3.8, 4) is 0 Å². The van der Waals surface area contributed by atoms with Gasteiger partial charge < -0.3 is 35.4 Å². The molecule has 3 rings (SSSR count). The van der Waals surface area contributed by atoms with Crippen molar-refractivity contribution < 1.29 is 47.6 Å². The Morgan fingerprint density at radius 3 is 2.57 bits per heavy atom. The number of nitrogens with one attached hydrogen (secondary N) is 1. The largest absolute Gasteiger partial charge is 0.481 e. The smallest absolute Gasteiger partial charge is 0.387 e. The van der Waals surface area contributed by atoms with Gasteiger partial charge in [-0.05, 0) is 0 Å². The summed E-state index contributed by atoms with van der Waals surface area (Å²) < 4.78 is 36.2. The van der Waals surface area contributed by atoms with Crippen LogP contribution in [-0.2, 0) is 22.7 Å². The summed E-state index contributed by atoms with van der Waals surface area (Å²) >= 11 is 0. The average Bonchev–Trinajstić information content (AvgIpc) is 3.06. The van der Waals surface area contributed by atoms with Crippen LogP contribution in [0.5, 0.6) is 0 Å². The lowest BCUT2D eigenvalue weighted by atomic mass is 10.1. The summed E-state index contributed by atoms with van der Waals surface area (Å²) in [6, 6.07) is 0. The number of fused-ring (bicyclic) bond motifs is 1. The maximum atomic E-state index is 11.8. The molecule has 2 aromatic heterocycles. The zero-order valence-electron chi connectivity index (χ0n) is 13.5. The molecule has 0 saturated carbocycles. The zero-order valence-corrected chi connectivity index (χ0v) is 15.3. The minimum absolute atomic E-state index is 0.170. The third kappa shape index (κ3) is 4.28. The molecule has 19 heteroatoms. The van der Waals surface area contributed by atoms with Crippen molar-refractivity contribution in [2.75, 3.05) is 12.3 Å². The molecule has 156 valence electrons. The lowest BCUT2D eigenvalue weighted by molar-refractivity contribution is -0.0566. The maximum absolute atomic E-state index is 11.8. The summed E-state index contributed by atoms with van der Waals surface area (Å²) in [6.07, 6.45) is -6.23. The number of aliphatic hydroxyl groups excluding tert-OH is 2. The molecule has 1 fully saturated rings. The molecule has 0 bridgehead atoms. The minimum Gasteiger partial charge on any atom is -0.387 e. The van der Waals surface area contributed by atoms with Crippen LogP contribution in [-0.4, -0.2) is 74.8 Å². The number of nitrogen functional groups attached to an aromatic ring is 1. The molecule has 1 unspecified atom stereocenters. The summed E-state index contributed by atoms with van der Waals surface area (Å²) in [5.74, 6) is -0.273. The van der Waals surface area contributed by atoms with Crippen LogP contribution in [0.3, 0.4) is 0 Å². The molecule has 1 aliphatic rings. The Morgan fingerprint density at radius 1 is 1.25 bits per heavy atom. The van der Waals surface area contributed by atoms with Crippen LogP contribution in [0.2, 0.25) is 0 Å². The predicted octanol–water partition coefficient (Wildman–Crippen LogP) is -3.06. The van der Waals surface area contributed by atoms with Crippen molar-refractivity contribution in [1.29, 1.82) is 0 Å². The van der Waals surface area contributed by atoms with Crippen molar-refractivity contribution in [2.45, 2.75) is 24.5 Å². The second-order valence-corrected chi connectivity index (χ2v) is 8.37. The van der Waals surface area contributed by atoms with Crippen LogP contribution in [0.15, 0.2) is 4.79 Å². The normalized spacial score (nSPS) is 27.9. The number of H-pyrrole nitrogens is 1. The molecule has 17 nitrogen and oxygen atoms in total. The Balaban J connectivity index is 1.79. The van der Waals surface area contributed by atoms with Gasteiger partial charge in [-0.25, -0.2) is 9.13 Å². The fourth-order valence-electron chi connectivity index (χ4n) is 2.42. The van der Waals surface area contributed by atoms with Gasteiger partial charge in [0.25, 0.3) is 5.56 Å². The summed E-state index contributed by atoms with van der Waals surface area (Å²) in [4.78, 5) is 44.1. The minimum atomic E-state index is -5.33. The number of ether oxygens (including phenoxy) is 1. The van der Waals surface area contributed by atoms with E-state index in [1.54, 1.807) is 0 Å². The van der Waals surface area contributed by atoms with Crippen molar-refractivity contribution in [3.63, 3.8) is 0 Å². The number of phosphoric acid groups is 2. The zero-order chi connectivity index (χ0) is 20.9. The first-order valence-electron chi connectivity index (χ1n) is 7.24. The SMILES string of the molecule is Nc1nc2c(nnn2[C@@H]2O[C@H](COP(=O)(O)OP(=O)(O)O)[C@H](O)[C@@H]2O)c(=O)[nH]1. The number of nitrogens with two attached hydrogens (primary N) is 1. The predicted molar refractivity (Wildman–Crippen MR) is 85.2 cm³/mol. The number of aromatic amines is 1. The molecule has 1 saturated heterocycles. The fourth-order valence-corrected chi connectivity index (χ4v) is 4.02. The number of phosphoric ester groups is 1. The highest BCUT2D eigenvalue weighted by Gasteiger charge is 2.46. The van der Waals surface area contributed by atoms with Crippen molar-refractivity contribution in [2.24, 2.45) is 0 Å². The van der Waals surface area contributed by atoms with Crippen LogP contribution in [0.25, 0.3) is 11.2 Å². The van der Waals surface area contributed by atoms with Gasteiger partial charge in [-0.2, -0.15) is 14.0 Å². The number of aliphatic hydroxyl groups is 2. The highest BCUT2D eigenvalue weighted by atomic mass is 31.3. The third-order valence-corrected chi connectivity index (χ3v) is 5.69. The third-order valence-electron chi connectivity index (χ3n) is 3.54. The van der Waals surface area contributed by atoms with Gasteiger partial charge in [-0.1, -0.05) is 5.21 Å². The van der Waals surface area contributed by atoms with E-state index >= 15 is 0 Å². The van der Waals surface area contributed by atoms with E-state index in [1.807, 2.05) is 0 Å². The summed E-state index contributed by atoms with van der Waals surface area (Å²) in [7, 11) is -10.5. The Morgan fingerprint density at radius 2 is 1.93 bits per heavy atom. The van der Waals surface area contributed by atoms with Crippen molar-refractivity contribution >= 4 is 32.8 Å². The number of nitrogens with zero attached hydrogens (tertiary/aromatic N) is 4. The second kappa shape index (κ2) is 7.23. The number of hydrogen-bond donors (Lipinski definition) is 7. The van der Waals surface area contributed by atoms with Gasteiger partial charge in [0.2, 0.25) is 5.95 Å². The molecular formula is C9H14N6O11P2. The van der Waals surface area contributed by atoms with Gasteiger partial charge in [-0.15, -0.1) is 5.10 Å². The molecule has 5 atom stereocenters. The Kier molecular flexibility index (Phi) is 5.41. The van der Waals surface area contributed by atoms with Gasteiger partial charge in [-0.3, -0.25) is 14.3 Å². The molecule has 0 amide bonds. The lowest BCUT2D eigenvalue weighted by Gasteiger charge is -2.17. The van der Waals surface area contributed by atoms with Crippen molar-refractivity contribution in [1.82, 2.24) is 25.0 Å². The summed E-state index contributed by atoms with van der Waals surface area (Å²) in [5, 5.41) is 27.4. The molecule has 3 heterocycles. The number of aromatic nitrogens is 5.